The molecule has 2 rings (SSSR count). The van der Waals surface area contributed by atoms with Crippen molar-refractivity contribution < 1.29 is 9.21 Å². The number of amides is 1. The first-order chi connectivity index (χ1) is 9.19. The van der Waals surface area contributed by atoms with Gasteiger partial charge in [0.25, 0.3) is 5.91 Å². The number of hydrogen-bond acceptors (Lipinski definition) is 3. The number of carbonyl (C=O) groups is 1. The predicted octanol–water partition coefficient (Wildman–Crippen LogP) is 2.97. The Morgan fingerprint density at radius 3 is 2.58 bits per heavy atom. The minimum absolute atomic E-state index is 0.227. The molecule has 0 saturated heterocycles. The van der Waals surface area contributed by atoms with Crippen LogP contribution in [0.25, 0.3) is 0 Å². The van der Waals surface area contributed by atoms with Gasteiger partial charge in [-0.2, -0.15) is 0 Å². The normalized spacial score (nSPS) is 9.95. The molecule has 98 valence electrons. The van der Waals surface area contributed by atoms with E-state index in [9.17, 15) is 4.79 Å². The molecule has 1 heterocycles. The molecule has 0 aliphatic heterocycles. The van der Waals surface area contributed by atoms with E-state index in [1.807, 2.05) is 24.3 Å². The summed E-state index contributed by atoms with van der Waals surface area (Å²) >= 11 is 5.06. The zero-order valence-corrected chi connectivity index (χ0v) is 11.3. The second kappa shape index (κ2) is 6.15. The van der Waals surface area contributed by atoms with Crippen molar-refractivity contribution in [2.24, 2.45) is 0 Å². The molecule has 1 aromatic heterocycles. The van der Waals surface area contributed by atoms with Crippen LogP contribution >= 0.6 is 12.2 Å². The number of rotatable bonds is 3. The molecule has 0 saturated carbocycles. The summed E-state index contributed by atoms with van der Waals surface area (Å²) in [5.41, 5.74) is 2.08. The molecule has 0 bridgehead atoms. The van der Waals surface area contributed by atoms with Crippen LogP contribution in [0.1, 0.15) is 23.0 Å². The molecule has 0 spiro atoms. The van der Waals surface area contributed by atoms with Crippen molar-refractivity contribution in [2.45, 2.75) is 13.3 Å². The van der Waals surface area contributed by atoms with E-state index in [0.717, 1.165) is 12.1 Å². The van der Waals surface area contributed by atoms with Gasteiger partial charge in [0.05, 0.1) is 6.26 Å². The Kier molecular flexibility index (Phi) is 4.30. The minimum atomic E-state index is -0.368. The van der Waals surface area contributed by atoms with E-state index in [0.29, 0.717) is 0 Å². The average Bonchev–Trinajstić information content (AvgIpc) is 2.93. The van der Waals surface area contributed by atoms with Crippen LogP contribution in [0.3, 0.4) is 0 Å². The summed E-state index contributed by atoms with van der Waals surface area (Å²) < 4.78 is 4.98. The van der Waals surface area contributed by atoms with Crippen LogP contribution in [0.15, 0.2) is 47.1 Å². The molecule has 19 heavy (non-hydrogen) atoms. The van der Waals surface area contributed by atoms with Gasteiger partial charge in [-0.15, -0.1) is 0 Å². The van der Waals surface area contributed by atoms with Crippen LogP contribution in [0.5, 0.6) is 0 Å². The van der Waals surface area contributed by atoms with Crippen molar-refractivity contribution in [1.82, 2.24) is 5.32 Å². The lowest BCUT2D eigenvalue weighted by molar-refractivity contribution is 0.0950. The Bertz CT molecular complexity index is 562. The van der Waals surface area contributed by atoms with Crippen molar-refractivity contribution in [3.05, 3.63) is 54.0 Å². The van der Waals surface area contributed by atoms with Crippen LogP contribution < -0.4 is 10.6 Å². The van der Waals surface area contributed by atoms with Gasteiger partial charge >= 0.3 is 0 Å². The maximum atomic E-state index is 11.7. The third-order valence-electron chi connectivity index (χ3n) is 2.59. The number of benzene rings is 1. The molecule has 0 fully saturated rings. The van der Waals surface area contributed by atoms with E-state index in [1.54, 1.807) is 12.1 Å². The molecule has 0 atom stereocenters. The summed E-state index contributed by atoms with van der Waals surface area (Å²) in [7, 11) is 0. The minimum Gasteiger partial charge on any atom is -0.459 e. The molecule has 5 heteroatoms. The second-order valence-electron chi connectivity index (χ2n) is 3.94. The Hall–Kier alpha value is -2.14. The van der Waals surface area contributed by atoms with Gasteiger partial charge in [-0.3, -0.25) is 10.1 Å². The van der Waals surface area contributed by atoms with Gasteiger partial charge in [-0.05, 0) is 48.5 Å². The molecule has 0 aliphatic carbocycles. The van der Waals surface area contributed by atoms with Gasteiger partial charge in [-0.25, -0.2) is 0 Å². The molecule has 4 nitrogen and oxygen atoms in total. The highest BCUT2D eigenvalue weighted by Crippen LogP contribution is 2.09. The maximum absolute atomic E-state index is 11.7. The predicted molar refractivity (Wildman–Crippen MR) is 78.2 cm³/mol. The van der Waals surface area contributed by atoms with E-state index in [1.165, 1.54) is 11.8 Å². The SMILES string of the molecule is CCc1ccc(NC(=S)NC(=O)c2ccco2)cc1. The lowest BCUT2D eigenvalue weighted by Crippen LogP contribution is -2.33. The van der Waals surface area contributed by atoms with Crippen molar-refractivity contribution in [3.8, 4) is 0 Å². The molecule has 1 aromatic carbocycles. The third kappa shape index (κ3) is 3.66. The van der Waals surface area contributed by atoms with Gasteiger partial charge in [0, 0.05) is 5.69 Å². The van der Waals surface area contributed by atoms with Gasteiger partial charge < -0.3 is 9.73 Å². The van der Waals surface area contributed by atoms with Gasteiger partial charge in [0.1, 0.15) is 0 Å². The number of anilines is 1. The number of thiocarbonyl (C=S) groups is 1. The van der Waals surface area contributed by atoms with Crippen LogP contribution in [0, 0.1) is 0 Å². The number of carbonyl (C=O) groups excluding carboxylic acids is 1. The van der Waals surface area contributed by atoms with Crippen molar-refractivity contribution in [3.63, 3.8) is 0 Å². The molecular formula is C14H14N2O2S. The number of aryl methyl sites for hydroxylation is 1. The molecule has 0 radical (unpaired) electrons. The lowest BCUT2D eigenvalue weighted by Gasteiger charge is -2.08. The van der Waals surface area contributed by atoms with E-state index in [-0.39, 0.29) is 16.8 Å². The second-order valence-corrected chi connectivity index (χ2v) is 4.34. The molecular weight excluding hydrogens is 260 g/mol. The Morgan fingerprint density at radius 1 is 1.26 bits per heavy atom. The van der Waals surface area contributed by atoms with Crippen LogP contribution in [-0.4, -0.2) is 11.0 Å². The highest BCUT2D eigenvalue weighted by Gasteiger charge is 2.10. The van der Waals surface area contributed by atoms with Crippen LogP contribution in [-0.2, 0) is 6.42 Å². The molecule has 2 aromatic rings. The summed E-state index contributed by atoms with van der Waals surface area (Å²) in [5.74, 6) is -0.141. The summed E-state index contributed by atoms with van der Waals surface area (Å²) in [6.07, 6.45) is 2.43. The van der Waals surface area contributed by atoms with E-state index >= 15 is 0 Å². The lowest BCUT2D eigenvalue weighted by atomic mass is 10.1. The first-order valence-electron chi connectivity index (χ1n) is 5.94. The van der Waals surface area contributed by atoms with Gasteiger partial charge in [0.2, 0.25) is 0 Å². The largest absolute Gasteiger partial charge is 0.459 e. The Morgan fingerprint density at radius 2 is 2.00 bits per heavy atom. The zero-order chi connectivity index (χ0) is 13.7. The number of hydrogen-bond donors (Lipinski definition) is 2. The van der Waals surface area contributed by atoms with Crippen LogP contribution in [0.2, 0.25) is 0 Å². The Balaban J connectivity index is 1.92. The average molecular weight is 274 g/mol. The molecule has 1 amide bonds. The van der Waals surface area contributed by atoms with Gasteiger partial charge in [0.15, 0.2) is 10.9 Å². The van der Waals surface area contributed by atoms with Crippen molar-refractivity contribution >= 4 is 28.9 Å². The summed E-state index contributed by atoms with van der Waals surface area (Å²) in [5, 5.41) is 5.73. The summed E-state index contributed by atoms with van der Waals surface area (Å²) in [6.45, 7) is 2.09. The molecule has 2 N–H and O–H groups in total. The Labute approximate surface area is 116 Å². The summed E-state index contributed by atoms with van der Waals surface area (Å²) in [4.78, 5) is 11.7. The number of furan rings is 1. The van der Waals surface area contributed by atoms with Crippen molar-refractivity contribution in [1.29, 1.82) is 0 Å². The highest BCUT2D eigenvalue weighted by molar-refractivity contribution is 7.80. The fourth-order valence-electron chi connectivity index (χ4n) is 1.56. The maximum Gasteiger partial charge on any atom is 0.293 e. The zero-order valence-electron chi connectivity index (χ0n) is 10.5. The smallest absolute Gasteiger partial charge is 0.293 e. The van der Waals surface area contributed by atoms with Crippen LogP contribution in [0.4, 0.5) is 5.69 Å². The standard InChI is InChI=1S/C14H14N2O2S/c1-2-10-5-7-11(8-6-10)15-14(19)16-13(17)12-4-3-9-18-12/h3-9H,2H2,1H3,(H2,15,16,17,19). The van der Waals surface area contributed by atoms with E-state index in [4.69, 9.17) is 16.6 Å². The topological polar surface area (TPSA) is 54.3 Å². The van der Waals surface area contributed by atoms with E-state index < -0.39 is 0 Å². The first kappa shape index (κ1) is 13.3. The monoisotopic (exact) mass is 274 g/mol. The molecule has 0 unspecified atom stereocenters. The summed E-state index contributed by atoms with van der Waals surface area (Å²) in [6, 6.07) is 11.1. The first-order valence-corrected chi connectivity index (χ1v) is 6.34. The molecule has 0 aliphatic rings. The highest BCUT2D eigenvalue weighted by atomic mass is 32.1. The third-order valence-corrected chi connectivity index (χ3v) is 2.80. The van der Waals surface area contributed by atoms with Gasteiger partial charge in [-0.1, -0.05) is 19.1 Å². The number of nitrogens with one attached hydrogen (secondary N) is 2. The fourth-order valence-corrected chi connectivity index (χ4v) is 1.77. The quantitative estimate of drug-likeness (QED) is 0.845. The van der Waals surface area contributed by atoms with Crippen molar-refractivity contribution in [2.75, 3.05) is 5.32 Å². The fraction of sp³-hybridized carbons (Fsp3) is 0.143. The van der Waals surface area contributed by atoms with E-state index in [2.05, 4.69) is 17.6 Å².